The van der Waals surface area contributed by atoms with Gasteiger partial charge in [0.2, 0.25) is 5.58 Å². The van der Waals surface area contributed by atoms with Crippen LogP contribution < -0.4 is 10.5 Å². The molecular weight excluding hydrogens is 362 g/mol. The van der Waals surface area contributed by atoms with Crippen LogP contribution in [-0.2, 0) is 13.1 Å². The quantitative estimate of drug-likeness (QED) is 0.531. The second-order valence-corrected chi connectivity index (χ2v) is 8.47. The van der Waals surface area contributed by atoms with Gasteiger partial charge in [0, 0.05) is 23.8 Å². The summed E-state index contributed by atoms with van der Waals surface area (Å²) in [5.41, 5.74) is 4.17. The topological polar surface area (TPSA) is 63.3 Å². The molecule has 2 N–H and O–H groups in total. The molecule has 1 fully saturated rings. The number of furan rings is 1. The Labute approximate surface area is 169 Å². The van der Waals surface area contributed by atoms with Crippen LogP contribution in [0.15, 0.2) is 57.7 Å². The van der Waals surface area contributed by atoms with Crippen molar-refractivity contribution in [2.75, 3.05) is 0 Å². The van der Waals surface area contributed by atoms with Crippen molar-refractivity contribution in [3.63, 3.8) is 0 Å². The first-order valence-electron chi connectivity index (χ1n) is 10.4. The number of hydrogen-bond donors (Lipinski definition) is 2. The van der Waals surface area contributed by atoms with Crippen molar-refractivity contribution in [2.24, 2.45) is 0 Å². The van der Waals surface area contributed by atoms with Crippen LogP contribution in [0.2, 0.25) is 0 Å². The first-order chi connectivity index (χ1) is 14.1. The van der Waals surface area contributed by atoms with Crippen LogP contribution in [-0.4, -0.2) is 16.0 Å². The number of benzene rings is 2. The molecule has 0 aliphatic heterocycles. The van der Waals surface area contributed by atoms with Gasteiger partial charge in [-0.3, -0.25) is 4.79 Å². The van der Waals surface area contributed by atoms with Crippen molar-refractivity contribution in [3.05, 3.63) is 75.8 Å². The summed E-state index contributed by atoms with van der Waals surface area (Å²) in [5.74, 6) is 1.27. The lowest BCUT2D eigenvalue weighted by Crippen LogP contribution is -3.10. The van der Waals surface area contributed by atoms with Crippen LogP contribution in [0.4, 0.5) is 0 Å². The van der Waals surface area contributed by atoms with E-state index < -0.39 is 0 Å². The molecule has 4 aromatic rings. The van der Waals surface area contributed by atoms with E-state index in [-0.39, 0.29) is 5.56 Å². The fraction of sp³-hybridized carbons (Fsp3) is 0.333. The third-order valence-corrected chi connectivity index (χ3v) is 5.91. The molecule has 0 bridgehead atoms. The predicted molar refractivity (Wildman–Crippen MR) is 114 cm³/mol. The maximum absolute atomic E-state index is 12.6. The summed E-state index contributed by atoms with van der Waals surface area (Å²) in [4.78, 5) is 21.8. The lowest BCUT2D eigenvalue weighted by Gasteiger charge is -2.19. The van der Waals surface area contributed by atoms with Crippen molar-refractivity contribution in [1.82, 2.24) is 9.97 Å². The third kappa shape index (κ3) is 3.58. The van der Waals surface area contributed by atoms with Gasteiger partial charge < -0.3 is 14.3 Å². The second-order valence-electron chi connectivity index (χ2n) is 8.47. The zero-order valence-electron chi connectivity index (χ0n) is 16.9. The molecule has 5 heteroatoms. The van der Waals surface area contributed by atoms with Crippen molar-refractivity contribution in [2.45, 2.75) is 51.7 Å². The van der Waals surface area contributed by atoms with E-state index in [1.54, 1.807) is 0 Å². The number of nitrogens with zero attached hydrogens (tertiary/aromatic N) is 1. The average Bonchev–Trinajstić information content (AvgIpc) is 3.49. The first kappa shape index (κ1) is 18.1. The van der Waals surface area contributed by atoms with E-state index in [0.717, 1.165) is 17.8 Å². The second kappa shape index (κ2) is 7.16. The van der Waals surface area contributed by atoms with Crippen molar-refractivity contribution >= 4 is 22.1 Å². The number of nitrogens with one attached hydrogen (secondary N) is 2. The molecule has 2 heterocycles. The Hall–Kier alpha value is -2.92. The van der Waals surface area contributed by atoms with Crippen molar-refractivity contribution in [3.8, 4) is 0 Å². The van der Waals surface area contributed by atoms with Gasteiger partial charge in [-0.05, 0) is 23.6 Å². The Morgan fingerprint density at radius 2 is 1.86 bits per heavy atom. The van der Waals surface area contributed by atoms with E-state index >= 15 is 0 Å². The normalized spacial score (nSPS) is 15.4. The Morgan fingerprint density at radius 1 is 1.10 bits per heavy atom. The maximum atomic E-state index is 12.6. The molecule has 5 nitrogen and oxygen atoms in total. The van der Waals surface area contributed by atoms with Gasteiger partial charge in [0.25, 0.3) is 5.56 Å². The van der Waals surface area contributed by atoms with E-state index in [9.17, 15) is 4.79 Å². The van der Waals surface area contributed by atoms with E-state index in [0.29, 0.717) is 35.2 Å². The fourth-order valence-electron chi connectivity index (χ4n) is 4.07. The molecular formula is C24H26N3O2+. The molecule has 1 aliphatic rings. The molecule has 0 spiro atoms. The van der Waals surface area contributed by atoms with Crippen LogP contribution in [0.3, 0.4) is 0 Å². The molecule has 5 rings (SSSR count). The van der Waals surface area contributed by atoms with Crippen LogP contribution >= 0.6 is 0 Å². The zero-order valence-corrected chi connectivity index (χ0v) is 16.9. The van der Waals surface area contributed by atoms with Crippen molar-refractivity contribution < 1.29 is 9.32 Å². The number of fused-ring (bicyclic) bond motifs is 3. The zero-order chi connectivity index (χ0) is 20.0. The highest BCUT2D eigenvalue weighted by Crippen LogP contribution is 2.24. The van der Waals surface area contributed by atoms with Crippen LogP contribution in [0.25, 0.3) is 22.1 Å². The van der Waals surface area contributed by atoms with E-state index in [1.165, 1.54) is 28.9 Å². The van der Waals surface area contributed by atoms with Crippen molar-refractivity contribution in [1.29, 1.82) is 0 Å². The summed E-state index contributed by atoms with van der Waals surface area (Å²) in [6.07, 6.45) is 2.47. The lowest BCUT2D eigenvalue weighted by atomic mass is 10.0. The number of hydrogen-bond acceptors (Lipinski definition) is 3. The van der Waals surface area contributed by atoms with Gasteiger partial charge in [0.05, 0.1) is 6.04 Å². The summed E-state index contributed by atoms with van der Waals surface area (Å²) in [5, 5.41) is 0.895. The van der Waals surface area contributed by atoms with E-state index in [4.69, 9.17) is 9.40 Å². The molecule has 2 aromatic carbocycles. The molecule has 0 amide bonds. The van der Waals surface area contributed by atoms with Gasteiger partial charge in [-0.25, -0.2) is 4.98 Å². The summed E-state index contributed by atoms with van der Waals surface area (Å²) in [6.45, 7) is 6.08. The van der Waals surface area contributed by atoms with Gasteiger partial charge in [-0.2, -0.15) is 0 Å². The molecule has 29 heavy (non-hydrogen) atoms. The number of H-pyrrole nitrogens is 1. The highest BCUT2D eigenvalue weighted by Gasteiger charge is 2.34. The van der Waals surface area contributed by atoms with Crippen LogP contribution in [0.5, 0.6) is 0 Å². The summed E-state index contributed by atoms with van der Waals surface area (Å²) in [6, 6.07) is 17.3. The van der Waals surface area contributed by atoms with Gasteiger partial charge >= 0.3 is 0 Å². The summed E-state index contributed by atoms with van der Waals surface area (Å²) in [7, 11) is 0. The van der Waals surface area contributed by atoms with Crippen LogP contribution in [0, 0.1) is 0 Å². The van der Waals surface area contributed by atoms with E-state index in [2.05, 4.69) is 43.1 Å². The Balaban J connectivity index is 1.44. The minimum Gasteiger partial charge on any atom is -0.449 e. The number of quaternary nitrogens is 1. The smallest absolute Gasteiger partial charge is 0.294 e. The third-order valence-electron chi connectivity index (χ3n) is 5.91. The molecule has 1 aliphatic carbocycles. The number of aromatic amines is 1. The predicted octanol–water partition coefficient (Wildman–Crippen LogP) is 3.54. The molecule has 1 atom stereocenters. The number of aromatic nitrogens is 2. The number of para-hydroxylation sites is 1. The van der Waals surface area contributed by atoms with Gasteiger partial charge in [0.15, 0.2) is 5.82 Å². The van der Waals surface area contributed by atoms with Crippen LogP contribution in [0.1, 0.15) is 49.6 Å². The molecule has 148 valence electrons. The largest absolute Gasteiger partial charge is 0.449 e. The first-order valence-corrected chi connectivity index (χ1v) is 10.4. The maximum Gasteiger partial charge on any atom is 0.294 e. The monoisotopic (exact) mass is 388 g/mol. The van der Waals surface area contributed by atoms with Gasteiger partial charge in [0.1, 0.15) is 24.2 Å². The molecule has 0 radical (unpaired) electrons. The molecule has 0 saturated heterocycles. The van der Waals surface area contributed by atoms with E-state index in [1.807, 2.05) is 24.3 Å². The Kier molecular flexibility index (Phi) is 4.47. The summed E-state index contributed by atoms with van der Waals surface area (Å²) < 4.78 is 5.72. The highest BCUT2D eigenvalue weighted by atomic mass is 16.3. The minimum atomic E-state index is -0.197. The number of rotatable bonds is 6. The standard InChI is InChI=1S/C24H25N3O2/c1-15(2)17-9-7-16(8-10-17)13-27(18-11-12-18)14-21-25-22-19-5-3-4-6-20(19)29-23(22)24(28)26-21/h3-10,15,18H,11-14H2,1-2H3,(H,25,26,28)/p+1. The Bertz CT molecular complexity index is 1220. The fourth-order valence-corrected chi connectivity index (χ4v) is 4.07. The van der Waals surface area contributed by atoms with Gasteiger partial charge in [-0.1, -0.05) is 50.2 Å². The lowest BCUT2D eigenvalue weighted by molar-refractivity contribution is -0.939. The SMILES string of the molecule is CC(C)c1ccc(C[NH+](Cc2nc3c(oc4ccccc43)c(=O)[nH]2)C2CC2)cc1. The molecule has 1 saturated carbocycles. The summed E-state index contributed by atoms with van der Waals surface area (Å²) >= 11 is 0. The Morgan fingerprint density at radius 3 is 2.59 bits per heavy atom. The highest BCUT2D eigenvalue weighted by molar-refractivity contribution is 6.01. The molecule has 1 unspecified atom stereocenters. The van der Waals surface area contributed by atoms with Gasteiger partial charge in [-0.15, -0.1) is 0 Å². The molecule has 2 aromatic heterocycles. The minimum absolute atomic E-state index is 0.197. The average molecular weight is 388 g/mol.